The Kier molecular flexibility index (Phi) is 5.41. The highest BCUT2D eigenvalue weighted by atomic mass is 16.5. The highest BCUT2D eigenvalue weighted by molar-refractivity contribution is 6.05. The number of rotatable bonds is 6. The van der Waals surface area contributed by atoms with Crippen LogP contribution >= 0.6 is 0 Å². The number of esters is 1. The molecule has 24 heavy (non-hydrogen) atoms. The number of benzene rings is 1. The van der Waals surface area contributed by atoms with E-state index in [2.05, 4.69) is 5.32 Å². The summed E-state index contributed by atoms with van der Waals surface area (Å²) in [7, 11) is 1.61. The first-order valence-electron chi connectivity index (χ1n) is 8.72. The predicted octanol–water partition coefficient (Wildman–Crippen LogP) is 4.04. The highest BCUT2D eigenvalue weighted by Gasteiger charge is 2.23. The SMILES string of the molecule is CCOC(=O)c1c(CNC2CCCCC2)oc2ccc(OC)cc12. The number of fused-ring (bicyclic) bond motifs is 1. The molecule has 1 aromatic heterocycles. The lowest BCUT2D eigenvalue weighted by atomic mass is 9.95. The van der Waals surface area contributed by atoms with Crippen LogP contribution in [0.1, 0.15) is 55.1 Å². The van der Waals surface area contributed by atoms with E-state index in [0.717, 1.165) is 5.39 Å². The molecule has 1 N–H and O–H groups in total. The van der Waals surface area contributed by atoms with Crippen LogP contribution in [0.2, 0.25) is 0 Å². The molecule has 1 aromatic carbocycles. The molecule has 1 aliphatic rings. The van der Waals surface area contributed by atoms with Crippen molar-refractivity contribution in [2.75, 3.05) is 13.7 Å². The van der Waals surface area contributed by atoms with E-state index in [1.807, 2.05) is 18.2 Å². The molecule has 0 bridgehead atoms. The molecule has 0 unspecified atom stereocenters. The minimum Gasteiger partial charge on any atom is -0.497 e. The standard InChI is InChI=1S/C19H25NO4/c1-3-23-19(21)18-15-11-14(22-2)9-10-16(15)24-17(18)12-20-13-7-5-4-6-8-13/h9-11,13,20H,3-8,12H2,1-2H3. The van der Waals surface area contributed by atoms with Gasteiger partial charge in [-0.3, -0.25) is 0 Å². The van der Waals surface area contributed by atoms with Crippen LogP contribution in [-0.2, 0) is 11.3 Å². The fourth-order valence-corrected chi connectivity index (χ4v) is 3.35. The van der Waals surface area contributed by atoms with Crippen LogP contribution in [0.5, 0.6) is 5.75 Å². The summed E-state index contributed by atoms with van der Waals surface area (Å²) in [6, 6.07) is 5.99. The summed E-state index contributed by atoms with van der Waals surface area (Å²) in [5, 5.41) is 4.28. The Morgan fingerprint density at radius 2 is 2.08 bits per heavy atom. The van der Waals surface area contributed by atoms with E-state index in [1.165, 1.54) is 32.1 Å². The second kappa shape index (κ2) is 7.71. The van der Waals surface area contributed by atoms with E-state index in [-0.39, 0.29) is 5.97 Å². The first kappa shape index (κ1) is 16.8. The Labute approximate surface area is 142 Å². The van der Waals surface area contributed by atoms with Crippen LogP contribution in [0, 0.1) is 0 Å². The molecule has 5 nitrogen and oxygen atoms in total. The van der Waals surface area contributed by atoms with Crippen LogP contribution < -0.4 is 10.1 Å². The van der Waals surface area contributed by atoms with E-state index >= 15 is 0 Å². The van der Waals surface area contributed by atoms with E-state index in [9.17, 15) is 4.79 Å². The molecular formula is C19H25NO4. The summed E-state index contributed by atoms with van der Waals surface area (Å²) in [5.74, 6) is 0.993. The molecule has 130 valence electrons. The lowest BCUT2D eigenvalue weighted by molar-refractivity contribution is 0.0525. The fraction of sp³-hybridized carbons (Fsp3) is 0.526. The molecule has 1 saturated carbocycles. The van der Waals surface area contributed by atoms with Crippen LogP contribution in [0.15, 0.2) is 22.6 Å². The molecule has 1 aliphatic carbocycles. The van der Waals surface area contributed by atoms with Gasteiger partial charge in [0.1, 0.15) is 22.7 Å². The molecule has 0 amide bonds. The molecule has 2 aromatic rings. The van der Waals surface area contributed by atoms with Crippen molar-refractivity contribution in [2.24, 2.45) is 0 Å². The fourth-order valence-electron chi connectivity index (χ4n) is 3.35. The minimum absolute atomic E-state index is 0.338. The summed E-state index contributed by atoms with van der Waals surface area (Å²) < 4.78 is 16.4. The van der Waals surface area contributed by atoms with Crippen molar-refractivity contribution in [3.8, 4) is 5.75 Å². The highest BCUT2D eigenvalue weighted by Crippen LogP contribution is 2.30. The second-order valence-electron chi connectivity index (χ2n) is 6.20. The van der Waals surface area contributed by atoms with Gasteiger partial charge in [-0.25, -0.2) is 4.79 Å². The molecule has 0 atom stereocenters. The van der Waals surface area contributed by atoms with Crippen LogP contribution in [0.3, 0.4) is 0 Å². The third kappa shape index (κ3) is 3.56. The summed E-state index contributed by atoms with van der Waals surface area (Å²) in [6.45, 7) is 2.68. The van der Waals surface area contributed by atoms with Gasteiger partial charge in [-0.05, 0) is 38.0 Å². The molecule has 0 aliphatic heterocycles. The predicted molar refractivity (Wildman–Crippen MR) is 92.4 cm³/mol. The van der Waals surface area contributed by atoms with Gasteiger partial charge in [0.05, 0.1) is 20.3 Å². The number of nitrogens with one attached hydrogen (secondary N) is 1. The molecule has 1 fully saturated rings. The summed E-state index contributed by atoms with van der Waals surface area (Å²) >= 11 is 0. The van der Waals surface area contributed by atoms with Crippen LogP contribution in [0.25, 0.3) is 11.0 Å². The zero-order chi connectivity index (χ0) is 16.9. The lowest BCUT2D eigenvalue weighted by Crippen LogP contribution is -2.30. The first-order chi connectivity index (χ1) is 11.7. The maximum atomic E-state index is 12.4. The molecule has 3 rings (SSSR count). The van der Waals surface area contributed by atoms with E-state index in [1.54, 1.807) is 14.0 Å². The largest absolute Gasteiger partial charge is 0.497 e. The van der Waals surface area contributed by atoms with Crippen molar-refractivity contribution in [1.82, 2.24) is 5.32 Å². The number of hydrogen-bond acceptors (Lipinski definition) is 5. The molecule has 0 saturated heterocycles. The summed E-state index contributed by atoms with van der Waals surface area (Å²) in [5.41, 5.74) is 1.19. The van der Waals surface area contributed by atoms with Crippen LogP contribution in [0.4, 0.5) is 0 Å². The van der Waals surface area contributed by atoms with Crippen LogP contribution in [-0.4, -0.2) is 25.7 Å². The van der Waals surface area contributed by atoms with Gasteiger partial charge in [-0.1, -0.05) is 19.3 Å². The Hall–Kier alpha value is -2.01. The van der Waals surface area contributed by atoms with Gasteiger partial charge in [0.25, 0.3) is 0 Å². The van der Waals surface area contributed by atoms with Crippen molar-refractivity contribution in [2.45, 2.75) is 51.6 Å². The Morgan fingerprint density at radius 3 is 2.79 bits per heavy atom. The van der Waals surface area contributed by atoms with E-state index in [4.69, 9.17) is 13.9 Å². The third-order valence-corrected chi connectivity index (χ3v) is 4.60. The minimum atomic E-state index is -0.343. The zero-order valence-electron chi connectivity index (χ0n) is 14.4. The number of ether oxygens (including phenoxy) is 2. The summed E-state index contributed by atoms with van der Waals surface area (Å²) in [6.07, 6.45) is 6.21. The Morgan fingerprint density at radius 1 is 1.29 bits per heavy atom. The molecule has 0 spiro atoms. The number of carbonyl (C=O) groups is 1. The second-order valence-corrected chi connectivity index (χ2v) is 6.20. The third-order valence-electron chi connectivity index (χ3n) is 4.60. The van der Waals surface area contributed by atoms with E-state index < -0.39 is 0 Å². The number of furan rings is 1. The van der Waals surface area contributed by atoms with Gasteiger partial charge >= 0.3 is 5.97 Å². The smallest absolute Gasteiger partial charge is 0.342 e. The van der Waals surface area contributed by atoms with Gasteiger partial charge in [0, 0.05) is 11.4 Å². The number of hydrogen-bond donors (Lipinski definition) is 1. The van der Waals surface area contributed by atoms with Gasteiger partial charge in [-0.15, -0.1) is 0 Å². The quantitative estimate of drug-likeness (QED) is 0.810. The Balaban J connectivity index is 1.89. The monoisotopic (exact) mass is 331 g/mol. The van der Waals surface area contributed by atoms with Crippen molar-refractivity contribution in [1.29, 1.82) is 0 Å². The molecular weight excluding hydrogens is 306 g/mol. The number of carbonyl (C=O) groups excluding carboxylic acids is 1. The van der Waals surface area contributed by atoms with Crippen molar-refractivity contribution in [3.63, 3.8) is 0 Å². The lowest BCUT2D eigenvalue weighted by Gasteiger charge is -2.22. The normalized spacial score (nSPS) is 15.6. The van der Waals surface area contributed by atoms with Crippen molar-refractivity contribution in [3.05, 3.63) is 29.5 Å². The van der Waals surface area contributed by atoms with E-state index in [0.29, 0.717) is 41.8 Å². The van der Waals surface area contributed by atoms with Crippen molar-refractivity contribution < 1.29 is 18.7 Å². The topological polar surface area (TPSA) is 60.7 Å². The average molecular weight is 331 g/mol. The molecule has 1 heterocycles. The van der Waals surface area contributed by atoms with Gasteiger partial charge in [-0.2, -0.15) is 0 Å². The average Bonchev–Trinajstić information content (AvgIpc) is 2.98. The Bertz CT molecular complexity index is 701. The zero-order valence-corrected chi connectivity index (χ0v) is 14.4. The molecule has 0 radical (unpaired) electrons. The van der Waals surface area contributed by atoms with Gasteiger partial charge < -0.3 is 19.2 Å². The van der Waals surface area contributed by atoms with Gasteiger partial charge in [0.2, 0.25) is 0 Å². The summed E-state index contributed by atoms with van der Waals surface area (Å²) in [4.78, 5) is 12.4. The maximum absolute atomic E-state index is 12.4. The van der Waals surface area contributed by atoms with Crippen molar-refractivity contribution >= 4 is 16.9 Å². The number of methoxy groups -OCH3 is 1. The maximum Gasteiger partial charge on any atom is 0.342 e. The van der Waals surface area contributed by atoms with Gasteiger partial charge in [0.15, 0.2) is 0 Å². The molecule has 5 heteroatoms. The first-order valence-corrected chi connectivity index (χ1v) is 8.72.